The molecule has 2 aromatic carbocycles. The molecule has 16 nitrogen and oxygen atoms in total. The van der Waals surface area contributed by atoms with Gasteiger partial charge in [0.15, 0.2) is 0 Å². The van der Waals surface area contributed by atoms with E-state index in [4.69, 9.17) is 35.3 Å². The minimum Gasteiger partial charge on any atom is -0.490 e. The Hall–Kier alpha value is -5.39. The number of aryl methyl sites for hydroxylation is 3. The van der Waals surface area contributed by atoms with Gasteiger partial charge in [0.1, 0.15) is 32.9 Å². The monoisotopic (exact) mass is 875 g/mol. The van der Waals surface area contributed by atoms with Crippen molar-refractivity contribution >= 4 is 45.0 Å². The molecular formula is C43H50ClN7O9S. The van der Waals surface area contributed by atoms with E-state index in [2.05, 4.69) is 36.3 Å². The number of hydrogen-bond acceptors (Lipinski definition) is 12. The molecular weight excluding hydrogens is 826 g/mol. The number of halogens is 1. The molecule has 4 aliphatic rings. The maximum absolute atomic E-state index is 15.0. The van der Waals surface area contributed by atoms with Gasteiger partial charge in [-0.15, -0.1) is 14.6 Å². The standard InChI is InChI=1S/C43H50ClN7O9S/c1-49-22-32(40(45-49)57-4)39(53)48-61(55)18-16-30(60-42(54)33-23-50(2)46-41(33)58-5)11-15-36(56-3)31-12-8-28(31)21-51-24-43(17-6-7-26-19-29(44)10-13-34(26)43)25-59-37-14-9-27(20-35(37)51)38(52)47-61/h9-11,13-15,19-20,22-23,28,30-31,36H,6-8,12,16-18,21,24-25H2,1-5H3,(H,47,48,52,53,55)/b15-11+/t28-,30-,31+,36-,43-,61-/m0/s1. The molecule has 61 heavy (non-hydrogen) atoms. The van der Waals surface area contributed by atoms with E-state index in [9.17, 15) is 18.6 Å². The lowest BCUT2D eigenvalue weighted by atomic mass is 9.68. The molecule has 8 rings (SSSR count). The lowest BCUT2D eigenvalue weighted by Crippen LogP contribution is -2.49. The predicted molar refractivity (Wildman–Crippen MR) is 227 cm³/mol. The summed E-state index contributed by atoms with van der Waals surface area (Å²) in [5.74, 6) is -1.71. The van der Waals surface area contributed by atoms with E-state index >= 15 is 0 Å². The van der Waals surface area contributed by atoms with E-state index in [1.54, 1.807) is 45.5 Å². The summed E-state index contributed by atoms with van der Waals surface area (Å²) in [6, 6.07) is 11.2. The first-order valence-corrected chi connectivity index (χ1v) is 22.4. The molecule has 1 saturated carbocycles. The largest absolute Gasteiger partial charge is 0.490 e. The first-order chi connectivity index (χ1) is 29.3. The summed E-state index contributed by atoms with van der Waals surface area (Å²) in [6.45, 7) is 1.70. The maximum atomic E-state index is 15.0. The average molecular weight is 876 g/mol. The fraction of sp³-hybridized carbons (Fsp3) is 0.465. The molecule has 2 amide bonds. The van der Waals surface area contributed by atoms with E-state index in [0.29, 0.717) is 30.5 Å². The van der Waals surface area contributed by atoms with Gasteiger partial charge >= 0.3 is 5.97 Å². The van der Waals surface area contributed by atoms with Crippen molar-refractivity contribution in [2.24, 2.45) is 30.3 Å². The van der Waals surface area contributed by atoms with Crippen molar-refractivity contribution < 1.29 is 42.3 Å². The zero-order valence-electron chi connectivity index (χ0n) is 34.8. The second-order valence-corrected chi connectivity index (χ2v) is 18.7. The van der Waals surface area contributed by atoms with Gasteiger partial charge in [0, 0.05) is 69.1 Å². The summed E-state index contributed by atoms with van der Waals surface area (Å²) < 4.78 is 54.0. The van der Waals surface area contributed by atoms with Crippen LogP contribution >= 0.6 is 11.6 Å². The van der Waals surface area contributed by atoms with Crippen LogP contribution in [0.1, 0.15) is 74.3 Å². The highest BCUT2D eigenvalue weighted by molar-refractivity contribution is 7.92. The smallest absolute Gasteiger partial charge is 0.345 e. The number of rotatable bonds is 7. The number of methoxy groups -OCH3 is 3. The van der Waals surface area contributed by atoms with Gasteiger partial charge in [0.2, 0.25) is 11.8 Å². The highest BCUT2D eigenvalue weighted by Crippen LogP contribution is 2.47. The van der Waals surface area contributed by atoms with Crippen LogP contribution in [0, 0.1) is 11.8 Å². The molecule has 2 bridgehead atoms. The number of hydrogen-bond donors (Lipinski definition) is 1. The first kappa shape index (κ1) is 42.3. The maximum Gasteiger partial charge on any atom is 0.345 e. The summed E-state index contributed by atoms with van der Waals surface area (Å²) in [5.41, 5.74) is 3.04. The number of nitrogens with one attached hydrogen (secondary N) is 1. The number of benzene rings is 2. The number of ether oxygens (including phenoxy) is 5. The van der Waals surface area contributed by atoms with Crippen LogP contribution in [0.3, 0.4) is 0 Å². The van der Waals surface area contributed by atoms with Crippen molar-refractivity contribution in [1.29, 1.82) is 0 Å². The number of anilines is 1. The van der Waals surface area contributed by atoms with Gasteiger partial charge in [-0.2, -0.15) is 0 Å². The van der Waals surface area contributed by atoms with Crippen molar-refractivity contribution in [3.63, 3.8) is 0 Å². The Kier molecular flexibility index (Phi) is 11.9. The van der Waals surface area contributed by atoms with Crippen LogP contribution in [0.15, 0.2) is 65.3 Å². The van der Waals surface area contributed by atoms with Crippen molar-refractivity contribution in [3.05, 3.63) is 93.8 Å². The Morgan fingerprint density at radius 3 is 2.44 bits per heavy atom. The first-order valence-electron chi connectivity index (χ1n) is 20.3. The van der Waals surface area contributed by atoms with Gasteiger partial charge in [-0.05, 0) is 91.5 Å². The lowest BCUT2D eigenvalue weighted by Gasteiger charge is -2.46. The third kappa shape index (κ3) is 8.60. The van der Waals surface area contributed by atoms with Crippen molar-refractivity contribution in [1.82, 2.24) is 24.3 Å². The Labute approximate surface area is 359 Å². The highest BCUT2D eigenvalue weighted by Gasteiger charge is 2.44. The van der Waals surface area contributed by atoms with Gasteiger partial charge < -0.3 is 28.6 Å². The van der Waals surface area contributed by atoms with E-state index in [1.165, 1.54) is 47.1 Å². The quantitative estimate of drug-likeness (QED) is 0.183. The fourth-order valence-electron chi connectivity index (χ4n) is 9.12. The number of amides is 2. The number of fused-ring (bicyclic) bond motifs is 4. The predicted octanol–water partition coefficient (Wildman–Crippen LogP) is 5.48. The van der Waals surface area contributed by atoms with Crippen molar-refractivity contribution in [2.75, 3.05) is 51.7 Å². The van der Waals surface area contributed by atoms with E-state index in [1.807, 2.05) is 12.1 Å². The van der Waals surface area contributed by atoms with E-state index < -0.39 is 33.8 Å². The third-order valence-corrected chi connectivity index (χ3v) is 14.3. The second-order valence-electron chi connectivity index (χ2n) is 16.2. The Bertz CT molecular complexity index is 2510. The van der Waals surface area contributed by atoms with Crippen LogP contribution in [-0.2, 0) is 45.3 Å². The molecule has 0 unspecified atom stereocenters. The average Bonchev–Trinajstić information content (AvgIpc) is 3.78. The summed E-state index contributed by atoms with van der Waals surface area (Å²) in [7, 11) is 3.75. The summed E-state index contributed by atoms with van der Waals surface area (Å²) in [4.78, 5) is 44.1. The zero-order valence-corrected chi connectivity index (χ0v) is 36.4. The SMILES string of the molecule is COc1nn(C)cc1C(=O)N[S@@]1(=O)=NC(=O)c2ccc3c(c2)N(C[C@@H]2CC[C@H]2[C@@H](OC)/C=C/[C@H](OC(=O)c2cn(C)nc2OC)CC1)C[C@@]1(CCCc2cc(Cl)ccc21)CO3. The molecule has 4 heterocycles. The summed E-state index contributed by atoms with van der Waals surface area (Å²) >= 11 is 6.49. The molecule has 1 N–H and O–H groups in total. The molecule has 2 aliphatic heterocycles. The normalized spacial score (nSPS) is 26.7. The van der Waals surface area contributed by atoms with Crippen LogP contribution in [0.5, 0.6) is 17.5 Å². The molecule has 0 saturated heterocycles. The number of nitrogens with zero attached hydrogens (tertiary/aromatic N) is 6. The lowest BCUT2D eigenvalue weighted by molar-refractivity contribution is 0.0118. The molecule has 6 atom stereocenters. The van der Waals surface area contributed by atoms with E-state index in [0.717, 1.165) is 37.8 Å². The minimum absolute atomic E-state index is 0.00472. The molecule has 2 aliphatic carbocycles. The summed E-state index contributed by atoms with van der Waals surface area (Å²) in [6.07, 6.45) is 9.69. The number of carbonyl (C=O) groups is 3. The second kappa shape index (κ2) is 17.2. The van der Waals surface area contributed by atoms with Crippen LogP contribution in [0.2, 0.25) is 5.02 Å². The molecule has 18 heteroatoms. The van der Waals surface area contributed by atoms with Gasteiger partial charge in [-0.3, -0.25) is 23.7 Å². The molecule has 1 fully saturated rings. The number of aromatic nitrogens is 4. The topological polar surface area (TPSA) is 178 Å². The highest BCUT2D eigenvalue weighted by atomic mass is 35.5. The number of esters is 1. The van der Waals surface area contributed by atoms with Crippen molar-refractivity contribution in [2.45, 2.75) is 56.1 Å². The minimum atomic E-state index is -3.92. The van der Waals surface area contributed by atoms with Gasteiger partial charge in [-0.25, -0.2) is 9.00 Å². The van der Waals surface area contributed by atoms with Crippen molar-refractivity contribution in [3.8, 4) is 17.5 Å². The van der Waals surface area contributed by atoms with Gasteiger partial charge in [0.05, 0.1) is 38.4 Å². The Morgan fingerprint density at radius 2 is 1.72 bits per heavy atom. The molecule has 2 aromatic heterocycles. The van der Waals surface area contributed by atoms with Crippen LogP contribution < -0.4 is 23.8 Å². The van der Waals surface area contributed by atoms with Gasteiger partial charge in [-0.1, -0.05) is 23.7 Å². The Balaban J connectivity index is 1.21. The third-order valence-electron chi connectivity index (χ3n) is 12.3. The molecule has 4 aromatic rings. The fourth-order valence-corrected chi connectivity index (χ4v) is 10.9. The van der Waals surface area contributed by atoms with E-state index in [-0.39, 0.29) is 64.0 Å². The molecule has 324 valence electrons. The van der Waals surface area contributed by atoms with Crippen LogP contribution in [0.25, 0.3) is 0 Å². The van der Waals surface area contributed by atoms with Crippen LogP contribution in [0.4, 0.5) is 5.69 Å². The summed E-state index contributed by atoms with van der Waals surface area (Å²) in [5, 5.41) is 9.02. The molecule has 1 spiro atoms. The zero-order chi connectivity index (χ0) is 43.1. The number of carbonyl (C=O) groups excluding carboxylic acids is 3. The Morgan fingerprint density at radius 1 is 0.967 bits per heavy atom. The van der Waals surface area contributed by atoms with Gasteiger partial charge in [0.25, 0.3) is 11.8 Å². The van der Waals surface area contributed by atoms with Crippen LogP contribution in [-0.4, -0.2) is 101 Å². The molecule has 0 radical (unpaired) electrons.